The summed E-state index contributed by atoms with van der Waals surface area (Å²) in [6.45, 7) is 6.64. The Morgan fingerprint density at radius 2 is 1.83 bits per heavy atom. The summed E-state index contributed by atoms with van der Waals surface area (Å²) in [6, 6.07) is 8.87. The smallest absolute Gasteiger partial charge is 0.191 e. The molecule has 1 aromatic carbocycles. The highest BCUT2D eigenvalue weighted by molar-refractivity contribution is 5.79. The van der Waals surface area contributed by atoms with Crippen molar-refractivity contribution in [3.8, 4) is 0 Å². The Hall–Kier alpha value is -1.59. The van der Waals surface area contributed by atoms with Crippen molar-refractivity contribution < 1.29 is 4.74 Å². The topological polar surface area (TPSA) is 48.9 Å². The number of nitrogens with zero attached hydrogens (tertiary/aromatic N) is 2. The molecule has 5 heteroatoms. The Balaban J connectivity index is 1.42. The van der Waals surface area contributed by atoms with Crippen LogP contribution >= 0.6 is 0 Å². The van der Waals surface area contributed by atoms with Crippen LogP contribution in [0.25, 0.3) is 0 Å². The van der Waals surface area contributed by atoms with Gasteiger partial charge in [0.1, 0.15) is 0 Å². The van der Waals surface area contributed by atoms with Gasteiger partial charge in [-0.15, -0.1) is 0 Å². The summed E-state index contributed by atoms with van der Waals surface area (Å²) in [5.74, 6) is 1.75. The molecule has 1 aliphatic heterocycles. The van der Waals surface area contributed by atoms with Crippen LogP contribution < -0.4 is 10.6 Å². The molecule has 2 aliphatic rings. The Morgan fingerprint density at radius 3 is 2.48 bits per heavy atom. The molecule has 1 heterocycles. The third-order valence-electron chi connectivity index (χ3n) is 4.47. The third kappa shape index (κ3) is 5.52. The maximum absolute atomic E-state index is 5.39. The van der Waals surface area contributed by atoms with E-state index in [9.17, 15) is 0 Å². The highest BCUT2D eigenvalue weighted by Crippen LogP contribution is 2.27. The van der Waals surface area contributed by atoms with Crippen LogP contribution in [-0.4, -0.2) is 50.8 Å². The van der Waals surface area contributed by atoms with Crippen LogP contribution in [0.15, 0.2) is 29.3 Å². The van der Waals surface area contributed by atoms with Gasteiger partial charge in [0.05, 0.1) is 13.2 Å². The van der Waals surface area contributed by atoms with Crippen molar-refractivity contribution in [2.75, 3.05) is 39.9 Å². The van der Waals surface area contributed by atoms with Gasteiger partial charge < -0.3 is 15.4 Å². The summed E-state index contributed by atoms with van der Waals surface area (Å²) in [7, 11) is 1.83. The maximum Gasteiger partial charge on any atom is 0.191 e. The lowest BCUT2D eigenvalue weighted by atomic mass is 10.1. The van der Waals surface area contributed by atoms with E-state index in [0.717, 1.165) is 57.8 Å². The molecule has 126 valence electrons. The number of benzene rings is 1. The number of rotatable bonds is 6. The van der Waals surface area contributed by atoms with E-state index in [1.54, 1.807) is 0 Å². The van der Waals surface area contributed by atoms with Crippen LogP contribution in [0.3, 0.4) is 0 Å². The zero-order valence-electron chi connectivity index (χ0n) is 14.1. The average molecular weight is 316 g/mol. The first-order valence-electron chi connectivity index (χ1n) is 8.66. The van der Waals surface area contributed by atoms with E-state index in [1.165, 1.54) is 24.0 Å². The van der Waals surface area contributed by atoms with Crippen molar-refractivity contribution in [1.82, 2.24) is 15.5 Å². The summed E-state index contributed by atoms with van der Waals surface area (Å²) >= 11 is 0. The lowest BCUT2D eigenvalue weighted by Gasteiger charge is -2.26. The van der Waals surface area contributed by atoms with E-state index >= 15 is 0 Å². The number of hydrogen-bond donors (Lipinski definition) is 2. The molecular formula is C18H28N4O. The van der Waals surface area contributed by atoms with Gasteiger partial charge in [-0.25, -0.2) is 0 Å². The first-order chi connectivity index (χ1) is 11.3. The van der Waals surface area contributed by atoms with Crippen LogP contribution in [0.5, 0.6) is 0 Å². The van der Waals surface area contributed by atoms with E-state index in [2.05, 4.69) is 44.8 Å². The van der Waals surface area contributed by atoms with Crippen molar-refractivity contribution in [1.29, 1.82) is 0 Å². The zero-order valence-corrected chi connectivity index (χ0v) is 14.1. The molecule has 0 unspecified atom stereocenters. The highest BCUT2D eigenvalue weighted by Gasteiger charge is 2.21. The van der Waals surface area contributed by atoms with Gasteiger partial charge in [0.2, 0.25) is 0 Å². The zero-order chi connectivity index (χ0) is 15.9. The van der Waals surface area contributed by atoms with Gasteiger partial charge in [-0.2, -0.15) is 0 Å². The minimum Gasteiger partial charge on any atom is -0.379 e. The van der Waals surface area contributed by atoms with Crippen molar-refractivity contribution in [3.05, 3.63) is 35.4 Å². The Kier molecular flexibility index (Phi) is 5.88. The summed E-state index contributed by atoms with van der Waals surface area (Å²) in [5.41, 5.74) is 2.65. The van der Waals surface area contributed by atoms with Gasteiger partial charge in [0.25, 0.3) is 0 Å². The second-order valence-electron chi connectivity index (χ2n) is 6.46. The molecule has 0 amide bonds. The molecule has 0 radical (unpaired) electrons. The first-order valence-corrected chi connectivity index (χ1v) is 8.66. The normalized spacial score (nSPS) is 19.6. The standard InChI is InChI=1S/C18H28N4O/c1-19-18(20-12-15-2-3-15)21-13-16-4-6-17(7-5-16)14-22-8-10-23-11-9-22/h4-7,15H,2-3,8-14H2,1H3,(H2,19,20,21). The lowest BCUT2D eigenvalue weighted by Crippen LogP contribution is -2.37. The molecule has 23 heavy (non-hydrogen) atoms. The Bertz CT molecular complexity index is 504. The second kappa shape index (κ2) is 8.31. The summed E-state index contributed by atoms with van der Waals surface area (Å²) in [4.78, 5) is 6.72. The Morgan fingerprint density at radius 1 is 1.13 bits per heavy atom. The number of nitrogens with one attached hydrogen (secondary N) is 2. The van der Waals surface area contributed by atoms with Crippen molar-refractivity contribution in [2.24, 2.45) is 10.9 Å². The monoisotopic (exact) mass is 316 g/mol. The van der Waals surface area contributed by atoms with Crippen molar-refractivity contribution in [3.63, 3.8) is 0 Å². The fraction of sp³-hybridized carbons (Fsp3) is 0.611. The fourth-order valence-electron chi connectivity index (χ4n) is 2.75. The number of morpholine rings is 1. The quantitative estimate of drug-likeness (QED) is 0.618. The van der Waals surface area contributed by atoms with Crippen LogP contribution in [0.2, 0.25) is 0 Å². The molecule has 5 nitrogen and oxygen atoms in total. The molecule has 0 aromatic heterocycles. The van der Waals surface area contributed by atoms with Crippen LogP contribution in [0.4, 0.5) is 0 Å². The van der Waals surface area contributed by atoms with Crippen molar-refractivity contribution in [2.45, 2.75) is 25.9 Å². The van der Waals surface area contributed by atoms with E-state index in [1.807, 2.05) is 7.05 Å². The highest BCUT2D eigenvalue weighted by atomic mass is 16.5. The fourth-order valence-corrected chi connectivity index (χ4v) is 2.75. The van der Waals surface area contributed by atoms with Gasteiger partial charge >= 0.3 is 0 Å². The lowest BCUT2D eigenvalue weighted by molar-refractivity contribution is 0.0342. The van der Waals surface area contributed by atoms with Gasteiger partial charge in [-0.3, -0.25) is 9.89 Å². The second-order valence-corrected chi connectivity index (χ2v) is 6.46. The predicted octanol–water partition coefficient (Wildman–Crippen LogP) is 1.59. The molecule has 0 spiro atoms. The van der Waals surface area contributed by atoms with E-state index in [4.69, 9.17) is 4.74 Å². The molecule has 3 rings (SSSR count). The number of aliphatic imine (C=N–C) groups is 1. The predicted molar refractivity (Wildman–Crippen MR) is 93.5 cm³/mol. The molecule has 0 atom stereocenters. The number of ether oxygens (including phenoxy) is 1. The number of hydrogen-bond acceptors (Lipinski definition) is 3. The molecule has 1 aliphatic carbocycles. The first kappa shape index (κ1) is 16.3. The van der Waals surface area contributed by atoms with Gasteiger partial charge in [0.15, 0.2) is 5.96 Å². The minimum absolute atomic E-state index is 0.808. The van der Waals surface area contributed by atoms with E-state index in [0.29, 0.717) is 0 Å². The number of guanidine groups is 1. The minimum atomic E-state index is 0.808. The van der Waals surface area contributed by atoms with Crippen LogP contribution in [-0.2, 0) is 17.8 Å². The van der Waals surface area contributed by atoms with Crippen LogP contribution in [0, 0.1) is 5.92 Å². The summed E-state index contributed by atoms with van der Waals surface area (Å²) < 4.78 is 5.39. The maximum atomic E-state index is 5.39. The van der Waals surface area contributed by atoms with Gasteiger partial charge in [0, 0.05) is 39.8 Å². The molecular weight excluding hydrogens is 288 g/mol. The molecule has 1 aromatic rings. The van der Waals surface area contributed by atoms with Gasteiger partial charge in [-0.1, -0.05) is 24.3 Å². The largest absolute Gasteiger partial charge is 0.379 e. The molecule has 2 N–H and O–H groups in total. The average Bonchev–Trinajstić information content (AvgIpc) is 3.42. The van der Waals surface area contributed by atoms with E-state index in [-0.39, 0.29) is 0 Å². The molecule has 0 bridgehead atoms. The molecule has 1 saturated heterocycles. The van der Waals surface area contributed by atoms with Gasteiger partial charge in [-0.05, 0) is 29.9 Å². The summed E-state index contributed by atoms with van der Waals surface area (Å²) in [6.07, 6.45) is 2.71. The summed E-state index contributed by atoms with van der Waals surface area (Å²) in [5, 5.41) is 6.77. The molecule has 1 saturated carbocycles. The Labute approximate surface area is 139 Å². The SMILES string of the molecule is CN=C(NCc1ccc(CN2CCOCC2)cc1)NCC1CC1. The van der Waals surface area contributed by atoms with Crippen LogP contribution in [0.1, 0.15) is 24.0 Å². The van der Waals surface area contributed by atoms with Crippen molar-refractivity contribution >= 4 is 5.96 Å². The molecule has 2 fully saturated rings. The van der Waals surface area contributed by atoms with E-state index < -0.39 is 0 Å². The third-order valence-corrected chi connectivity index (χ3v) is 4.47.